The number of ether oxygens (including phenoxy) is 1. The van der Waals surface area contributed by atoms with Crippen LogP contribution in [0.4, 0.5) is 0 Å². The van der Waals surface area contributed by atoms with Gasteiger partial charge >= 0.3 is 0 Å². The third-order valence-corrected chi connectivity index (χ3v) is 3.88. The summed E-state index contributed by atoms with van der Waals surface area (Å²) in [6.07, 6.45) is 5.61. The molecule has 0 spiro atoms. The Hall–Kier alpha value is -0.800. The highest BCUT2D eigenvalue weighted by Gasteiger charge is 2.20. The van der Waals surface area contributed by atoms with Crippen molar-refractivity contribution in [2.24, 2.45) is 0 Å². The van der Waals surface area contributed by atoms with E-state index in [0.29, 0.717) is 0 Å². The van der Waals surface area contributed by atoms with Crippen LogP contribution in [0.5, 0.6) is 0 Å². The van der Waals surface area contributed by atoms with Gasteiger partial charge in [0.1, 0.15) is 5.76 Å². The van der Waals surface area contributed by atoms with Crippen molar-refractivity contribution in [1.29, 1.82) is 0 Å². The Bertz CT molecular complexity index is 456. The van der Waals surface area contributed by atoms with Gasteiger partial charge in [0.05, 0.1) is 12.6 Å². The van der Waals surface area contributed by atoms with Crippen LogP contribution in [0.2, 0.25) is 0 Å². The Labute approximate surface area is 124 Å². The molecule has 1 aromatic rings. The lowest BCUT2D eigenvalue weighted by molar-refractivity contribution is 0.167. The number of hydrogen-bond donors (Lipinski definition) is 1. The SMILES string of the molecule is CCCNC(C1=CCCCO1)c1ccc(Br)cc1C. The van der Waals surface area contributed by atoms with Crippen molar-refractivity contribution < 1.29 is 4.74 Å². The van der Waals surface area contributed by atoms with Crippen molar-refractivity contribution in [1.82, 2.24) is 5.32 Å². The predicted octanol–water partition coefficient (Wildman–Crippen LogP) is 4.49. The molecule has 1 N–H and O–H groups in total. The van der Waals surface area contributed by atoms with E-state index >= 15 is 0 Å². The second-order valence-corrected chi connectivity index (χ2v) is 5.90. The van der Waals surface area contributed by atoms with Crippen molar-refractivity contribution in [3.63, 3.8) is 0 Å². The minimum absolute atomic E-state index is 0.188. The number of allylic oxidation sites excluding steroid dienone is 1. The van der Waals surface area contributed by atoms with Gasteiger partial charge in [-0.05, 0) is 62.1 Å². The van der Waals surface area contributed by atoms with Crippen LogP contribution in [0.1, 0.15) is 43.4 Å². The molecule has 0 saturated carbocycles. The number of aryl methyl sites for hydroxylation is 1. The molecule has 1 heterocycles. The van der Waals surface area contributed by atoms with Gasteiger partial charge in [-0.15, -0.1) is 0 Å². The van der Waals surface area contributed by atoms with Gasteiger partial charge in [0.15, 0.2) is 0 Å². The summed E-state index contributed by atoms with van der Waals surface area (Å²) in [6, 6.07) is 6.64. The topological polar surface area (TPSA) is 21.3 Å². The highest BCUT2D eigenvalue weighted by atomic mass is 79.9. The monoisotopic (exact) mass is 323 g/mol. The van der Waals surface area contributed by atoms with Crippen LogP contribution in [0, 0.1) is 6.92 Å². The Morgan fingerprint density at radius 3 is 2.89 bits per heavy atom. The molecule has 19 heavy (non-hydrogen) atoms. The molecule has 0 aromatic heterocycles. The molecule has 0 radical (unpaired) electrons. The highest BCUT2D eigenvalue weighted by molar-refractivity contribution is 9.10. The predicted molar refractivity (Wildman–Crippen MR) is 83.2 cm³/mol. The summed E-state index contributed by atoms with van der Waals surface area (Å²) >= 11 is 3.53. The second-order valence-electron chi connectivity index (χ2n) is 4.99. The third kappa shape index (κ3) is 3.83. The maximum absolute atomic E-state index is 5.86. The maximum Gasteiger partial charge on any atom is 0.113 e. The fourth-order valence-electron chi connectivity index (χ4n) is 2.39. The van der Waals surface area contributed by atoms with E-state index in [1.54, 1.807) is 0 Å². The first-order valence-electron chi connectivity index (χ1n) is 7.04. The molecule has 0 aliphatic carbocycles. The Kier molecular flexibility index (Phi) is 5.46. The molecule has 1 aliphatic heterocycles. The van der Waals surface area contributed by atoms with E-state index in [1.165, 1.54) is 11.1 Å². The smallest absolute Gasteiger partial charge is 0.113 e. The first-order chi connectivity index (χ1) is 9.22. The molecule has 0 amide bonds. The lowest BCUT2D eigenvalue weighted by Crippen LogP contribution is -2.26. The first-order valence-corrected chi connectivity index (χ1v) is 7.84. The van der Waals surface area contributed by atoms with Crippen LogP contribution in [-0.2, 0) is 4.74 Å². The minimum Gasteiger partial charge on any atom is -0.496 e. The van der Waals surface area contributed by atoms with Gasteiger partial charge in [0.2, 0.25) is 0 Å². The van der Waals surface area contributed by atoms with Crippen LogP contribution in [0.15, 0.2) is 34.5 Å². The molecule has 0 fully saturated rings. The second kappa shape index (κ2) is 7.11. The molecule has 1 atom stereocenters. The van der Waals surface area contributed by atoms with Crippen LogP contribution in [-0.4, -0.2) is 13.2 Å². The van der Waals surface area contributed by atoms with E-state index in [1.807, 2.05) is 0 Å². The average molecular weight is 324 g/mol. The van der Waals surface area contributed by atoms with Crippen LogP contribution in [0.3, 0.4) is 0 Å². The molecule has 2 rings (SSSR count). The molecular weight excluding hydrogens is 302 g/mol. The zero-order chi connectivity index (χ0) is 13.7. The lowest BCUT2D eigenvalue weighted by Gasteiger charge is -2.26. The summed E-state index contributed by atoms with van der Waals surface area (Å²) in [7, 11) is 0. The fraction of sp³-hybridized carbons (Fsp3) is 0.500. The van der Waals surface area contributed by atoms with Crippen molar-refractivity contribution in [3.05, 3.63) is 45.6 Å². The van der Waals surface area contributed by atoms with Gasteiger partial charge < -0.3 is 10.1 Å². The number of halogens is 1. The summed E-state index contributed by atoms with van der Waals surface area (Å²) in [6.45, 7) is 6.19. The van der Waals surface area contributed by atoms with Gasteiger partial charge in [-0.3, -0.25) is 0 Å². The van der Waals surface area contributed by atoms with Crippen molar-refractivity contribution in [3.8, 4) is 0 Å². The van der Waals surface area contributed by atoms with Gasteiger partial charge in [-0.1, -0.05) is 28.9 Å². The van der Waals surface area contributed by atoms with Crippen molar-refractivity contribution >= 4 is 15.9 Å². The van der Waals surface area contributed by atoms with Crippen molar-refractivity contribution in [2.75, 3.05) is 13.2 Å². The molecule has 1 aromatic carbocycles. The standard InChI is InChI=1S/C16H22BrNO/c1-3-9-18-16(15-6-4-5-10-19-15)14-8-7-13(17)11-12(14)2/h6-8,11,16,18H,3-5,9-10H2,1-2H3. The Morgan fingerprint density at radius 2 is 2.26 bits per heavy atom. The van der Waals surface area contributed by atoms with Gasteiger partial charge in [-0.25, -0.2) is 0 Å². The van der Waals surface area contributed by atoms with E-state index in [-0.39, 0.29) is 6.04 Å². The van der Waals surface area contributed by atoms with E-state index in [4.69, 9.17) is 4.74 Å². The third-order valence-electron chi connectivity index (χ3n) is 3.39. The van der Waals surface area contributed by atoms with E-state index in [0.717, 1.165) is 42.6 Å². The summed E-state index contributed by atoms with van der Waals surface area (Å²) in [4.78, 5) is 0. The molecule has 104 valence electrons. The largest absolute Gasteiger partial charge is 0.496 e. The minimum atomic E-state index is 0.188. The van der Waals surface area contributed by atoms with Gasteiger partial charge in [0, 0.05) is 4.47 Å². The molecule has 1 unspecified atom stereocenters. The molecule has 2 nitrogen and oxygen atoms in total. The normalized spacial score (nSPS) is 16.7. The number of benzene rings is 1. The summed E-state index contributed by atoms with van der Waals surface area (Å²) in [5.41, 5.74) is 2.60. The molecular formula is C16H22BrNO. The summed E-state index contributed by atoms with van der Waals surface area (Å²) in [5, 5.41) is 3.61. The summed E-state index contributed by atoms with van der Waals surface area (Å²) < 4.78 is 6.99. The molecule has 1 aliphatic rings. The zero-order valence-corrected chi connectivity index (χ0v) is 13.3. The van der Waals surface area contributed by atoms with Gasteiger partial charge in [0.25, 0.3) is 0 Å². The maximum atomic E-state index is 5.86. The number of rotatable bonds is 5. The molecule has 3 heteroatoms. The quantitative estimate of drug-likeness (QED) is 0.861. The van der Waals surface area contributed by atoms with E-state index < -0.39 is 0 Å². The van der Waals surface area contributed by atoms with Crippen molar-refractivity contribution in [2.45, 2.75) is 39.2 Å². The van der Waals surface area contributed by atoms with E-state index in [9.17, 15) is 0 Å². The molecule has 0 saturated heterocycles. The first kappa shape index (κ1) is 14.6. The lowest BCUT2D eigenvalue weighted by atomic mass is 9.98. The molecule has 0 bridgehead atoms. The number of nitrogens with one attached hydrogen (secondary N) is 1. The zero-order valence-electron chi connectivity index (χ0n) is 11.7. The van der Waals surface area contributed by atoms with E-state index in [2.05, 4.69) is 59.4 Å². The Balaban J connectivity index is 2.27. The number of hydrogen-bond acceptors (Lipinski definition) is 2. The van der Waals surface area contributed by atoms with Crippen LogP contribution in [0.25, 0.3) is 0 Å². The van der Waals surface area contributed by atoms with Crippen LogP contribution < -0.4 is 5.32 Å². The van der Waals surface area contributed by atoms with Gasteiger partial charge in [-0.2, -0.15) is 0 Å². The van der Waals surface area contributed by atoms with Crippen LogP contribution >= 0.6 is 15.9 Å². The highest BCUT2D eigenvalue weighted by Crippen LogP contribution is 2.29. The summed E-state index contributed by atoms with van der Waals surface area (Å²) in [5.74, 6) is 1.09. The average Bonchev–Trinajstić information content (AvgIpc) is 2.42. The Morgan fingerprint density at radius 1 is 1.42 bits per heavy atom. The fourth-order valence-corrected chi connectivity index (χ4v) is 2.87.